The van der Waals surface area contributed by atoms with Gasteiger partial charge in [-0.2, -0.15) is 5.10 Å². The van der Waals surface area contributed by atoms with Crippen LogP contribution in [0.25, 0.3) is 0 Å². The lowest BCUT2D eigenvalue weighted by molar-refractivity contribution is 0.473. The Morgan fingerprint density at radius 1 is 1.42 bits per heavy atom. The van der Waals surface area contributed by atoms with Crippen LogP contribution in [0.4, 0.5) is 5.69 Å². The summed E-state index contributed by atoms with van der Waals surface area (Å²) in [6.07, 6.45) is 0. The summed E-state index contributed by atoms with van der Waals surface area (Å²) in [5.41, 5.74) is 8.65. The Kier molecular flexibility index (Phi) is 2.40. The molecule has 0 saturated heterocycles. The van der Waals surface area contributed by atoms with Crippen molar-refractivity contribution in [3.63, 3.8) is 0 Å². The largest absolute Gasteiger partial charge is 0.396 e. The lowest BCUT2D eigenvalue weighted by Crippen LogP contribution is -2.08. The molecule has 1 heterocycles. The highest BCUT2D eigenvalue weighted by atomic mass is 15.3. The van der Waals surface area contributed by atoms with Crippen LogP contribution in [0.3, 0.4) is 0 Å². The van der Waals surface area contributed by atoms with Crippen molar-refractivity contribution < 1.29 is 0 Å². The molecule has 0 aliphatic rings. The maximum absolute atomic E-state index is 5.80. The molecule has 0 saturated carbocycles. The third-order valence-corrected chi connectivity index (χ3v) is 1.98. The molecule has 1 rings (SSSR count). The standard InChI is InChI=1S/C9H17N3/c1-6(2)5-12-8(4)9(10)7(3)11-12/h6H,5,10H2,1-4H3. The second-order valence-corrected chi connectivity index (χ2v) is 3.66. The molecule has 0 atom stereocenters. The molecular weight excluding hydrogens is 150 g/mol. The molecule has 0 radical (unpaired) electrons. The van der Waals surface area contributed by atoms with Crippen molar-refractivity contribution in [2.24, 2.45) is 5.92 Å². The van der Waals surface area contributed by atoms with Gasteiger partial charge in [-0.05, 0) is 19.8 Å². The van der Waals surface area contributed by atoms with Crippen molar-refractivity contribution >= 4 is 5.69 Å². The van der Waals surface area contributed by atoms with Crippen molar-refractivity contribution in [1.82, 2.24) is 9.78 Å². The number of nitrogen functional groups attached to an aromatic ring is 1. The summed E-state index contributed by atoms with van der Waals surface area (Å²) >= 11 is 0. The van der Waals surface area contributed by atoms with Crippen LogP contribution in [-0.4, -0.2) is 9.78 Å². The van der Waals surface area contributed by atoms with Gasteiger partial charge < -0.3 is 5.73 Å². The van der Waals surface area contributed by atoms with Gasteiger partial charge in [-0.25, -0.2) is 0 Å². The van der Waals surface area contributed by atoms with Crippen LogP contribution in [0, 0.1) is 19.8 Å². The van der Waals surface area contributed by atoms with Gasteiger partial charge in [-0.15, -0.1) is 0 Å². The smallest absolute Gasteiger partial charge is 0.0825 e. The minimum absolute atomic E-state index is 0.613. The van der Waals surface area contributed by atoms with Crippen LogP contribution in [0.2, 0.25) is 0 Å². The monoisotopic (exact) mass is 167 g/mol. The van der Waals surface area contributed by atoms with E-state index in [1.54, 1.807) is 0 Å². The highest BCUT2D eigenvalue weighted by molar-refractivity contribution is 5.46. The number of rotatable bonds is 2. The number of nitrogens with two attached hydrogens (primary N) is 1. The summed E-state index contributed by atoms with van der Waals surface area (Å²) < 4.78 is 1.98. The van der Waals surface area contributed by atoms with Gasteiger partial charge in [0.1, 0.15) is 0 Å². The summed E-state index contributed by atoms with van der Waals surface area (Å²) in [6, 6.07) is 0. The highest BCUT2D eigenvalue weighted by Crippen LogP contribution is 2.15. The second kappa shape index (κ2) is 3.17. The van der Waals surface area contributed by atoms with E-state index in [1.807, 2.05) is 18.5 Å². The molecule has 3 nitrogen and oxygen atoms in total. The van der Waals surface area contributed by atoms with E-state index in [4.69, 9.17) is 5.73 Å². The Bertz CT molecular complexity index is 274. The Morgan fingerprint density at radius 3 is 2.33 bits per heavy atom. The summed E-state index contributed by atoms with van der Waals surface area (Å²) in [7, 11) is 0. The van der Waals surface area contributed by atoms with E-state index < -0.39 is 0 Å². The van der Waals surface area contributed by atoms with Crippen molar-refractivity contribution in [3.05, 3.63) is 11.4 Å². The molecule has 0 fully saturated rings. The first-order chi connectivity index (χ1) is 5.52. The predicted molar refractivity (Wildman–Crippen MR) is 51.0 cm³/mol. The molecule has 0 amide bonds. The number of aromatic nitrogens is 2. The first kappa shape index (κ1) is 9.10. The SMILES string of the molecule is Cc1nn(CC(C)C)c(C)c1N. The topological polar surface area (TPSA) is 43.8 Å². The van der Waals surface area contributed by atoms with Crippen molar-refractivity contribution in [1.29, 1.82) is 0 Å². The average molecular weight is 167 g/mol. The zero-order valence-corrected chi connectivity index (χ0v) is 8.26. The summed E-state index contributed by atoms with van der Waals surface area (Å²) in [6.45, 7) is 9.25. The molecule has 0 aromatic carbocycles. The van der Waals surface area contributed by atoms with Gasteiger partial charge in [0, 0.05) is 6.54 Å². The molecule has 0 unspecified atom stereocenters. The first-order valence-corrected chi connectivity index (χ1v) is 4.32. The number of hydrogen-bond acceptors (Lipinski definition) is 2. The third kappa shape index (κ3) is 1.60. The number of nitrogens with zero attached hydrogens (tertiary/aromatic N) is 2. The minimum Gasteiger partial charge on any atom is -0.396 e. The van der Waals surface area contributed by atoms with Crippen molar-refractivity contribution in [2.75, 3.05) is 5.73 Å². The summed E-state index contributed by atoms with van der Waals surface area (Å²) in [5.74, 6) is 0.613. The van der Waals surface area contributed by atoms with Gasteiger partial charge in [0.15, 0.2) is 0 Å². The highest BCUT2D eigenvalue weighted by Gasteiger charge is 2.08. The first-order valence-electron chi connectivity index (χ1n) is 4.32. The zero-order valence-electron chi connectivity index (χ0n) is 8.26. The molecule has 3 heteroatoms. The average Bonchev–Trinajstić information content (AvgIpc) is 2.17. The van der Waals surface area contributed by atoms with Crippen molar-refractivity contribution in [3.8, 4) is 0 Å². The van der Waals surface area contributed by atoms with Crippen LogP contribution in [0.1, 0.15) is 25.2 Å². The maximum Gasteiger partial charge on any atom is 0.0825 e. The molecule has 0 aliphatic heterocycles. The molecule has 12 heavy (non-hydrogen) atoms. The Balaban J connectivity index is 2.93. The zero-order chi connectivity index (χ0) is 9.30. The lowest BCUT2D eigenvalue weighted by atomic mass is 10.2. The van der Waals surface area contributed by atoms with Crippen LogP contribution in [0.15, 0.2) is 0 Å². The van der Waals surface area contributed by atoms with Gasteiger partial charge in [-0.1, -0.05) is 13.8 Å². The van der Waals surface area contributed by atoms with Gasteiger partial charge in [-0.3, -0.25) is 4.68 Å². The molecule has 2 N–H and O–H groups in total. The fourth-order valence-electron chi connectivity index (χ4n) is 1.23. The van der Waals surface area contributed by atoms with Crippen LogP contribution in [0.5, 0.6) is 0 Å². The molecule has 0 bridgehead atoms. The Morgan fingerprint density at radius 2 is 2.00 bits per heavy atom. The number of anilines is 1. The van der Waals surface area contributed by atoms with Crippen LogP contribution < -0.4 is 5.73 Å². The predicted octanol–water partition coefficient (Wildman–Crippen LogP) is 1.74. The minimum atomic E-state index is 0.613. The van der Waals surface area contributed by atoms with E-state index in [-0.39, 0.29) is 0 Å². The van der Waals surface area contributed by atoms with Gasteiger partial charge >= 0.3 is 0 Å². The fraction of sp³-hybridized carbons (Fsp3) is 0.667. The van der Waals surface area contributed by atoms with Gasteiger partial charge in [0.05, 0.1) is 17.1 Å². The molecule has 0 aliphatic carbocycles. The number of hydrogen-bond donors (Lipinski definition) is 1. The fourth-order valence-corrected chi connectivity index (χ4v) is 1.23. The van der Waals surface area contributed by atoms with Crippen molar-refractivity contribution in [2.45, 2.75) is 34.2 Å². The lowest BCUT2D eigenvalue weighted by Gasteiger charge is -2.06. The van der Waals surface area contributed by atoms with E-state index in [9.17, 15) is 0 Å². The van der Waals surface area contributed by atoms with Crippen LogP contribution >= 0.6 is 0 Å². The quantitative estimate of drug-likeness (QED) is 0.729. The summed E-state index contributed by atoms with van der Waals surface area (Å²) in [4.78, 5) is 0. The van der Waals surface area contributed by atoms with E-state index in [1.165, 1.54) is 0 Å². The molecule has 1 aromatic rings. The van der Waals surface area contributed by atoms with E-state index in [2.05, 4.69) is 18.9 Å². The van der Waals surface area contributed by atoms with E-state index >= 15 is 0 Å². The number of aryl methyl sites for hydroxylation is 1. The van der Waals surface area contributed by atoms with Gasteiger partial charge in [0.25, 0.3) is 0 Å². The molecule has 68 valence electrons. The van der Waals surface area contributed by atoms with Gasteiger partial charge in [0.2, 0.25) is 0 Å². The molecule has 0 spiro atoms. The maximum atomic E-state index is 5.80. The Hall–Kier alpha value is -0.990. The van der Waals surface area contributed by atoms with Crippen LogP contribution in [-0.2, 0) is 6.54 Å². The normalized spacial score (nSPS) is 11.1. The molecular formula is C9H17N3. The molecule has 1 aromatic heterocycles. The third-order valence-electron chi connectivity index (χ3n) is 1.98. The van der Waals surface area contributed by atoms with E-state index in [0.717, 1.165) is 23.6 Å². The van der Waals surface area contributed by atoms with E-state index in [0.29, 0.717) is 5.92 Å². The summed E-state index contributed by atoms with van der Waals surface area (Å²) in [5, 5.41) is 4.34. The Labute approximate surface area is 73.6 Å². The second-order valence-electron chi connectivity index (χ2n) is 3.66.